The van der Waals surface area contributed by atoms with Gasteiger partial charge in [0.2, 0.25) is 11.8 Å². The van der Waals surface area contributed by atoms with Gasteiger partial charge in [-0.1, -0.05) is 24.3 Å². The zero-order chi connectivity index (χ0) is 19.8. The maximum atomic E-state index is 11.1. The number of benzene rings is 1. The molecule has 2 aromatic heterocycles. The Bertz CT molecular complexity index is 892. The van der Waals surface area contributed by atoms with E-state index in [1.807, 2.05) is 43.3 Å². The third-order valence-corrected chi connectivity index (χ3v) is 4.13. The molecule has 28 heavy (non-hydrogen) atoms. The molecule has 0 saturated carbocycles. The first-order valence-electron chi connectivity index (χ1n) is 9.02. The van der Waals surface area contributed by atoms with Crippen LogP contribution < -0.4 is 10.1 Å². The van der Waals surface area contributed by atoms with Gasteiger partial charge in [-0.3, -0.25) is 4.79 Å². The second kappa shape index (κ2) is 9.66. The number of carbonyl (C=O) groups excluding carboxylic acids is 1. The lowest BCUT2D eigenvalue weighted by Gasteiger charge is -2.06. The SMILES string of the molecule is COC(=O)CNCc1ccc(OCCc2nc(-c3ccccc3)oc2C)nc1. The number of nitrogens with one attached hydrogen (secondary N) is 1. The third-order valence-electron chi connectivity index (χ3n) is 4.13. The molecule has 2 heterocycles. The number of aromatic nitrogens is 2. The van der Waals surface area contributed by atoms with Crippen molar-refractivity contribution in [1.82, 2.24) is 15.3 Å². The van der Waals surface area contributed by atoms with E-state index in [1.54, 1.807) is 12.3 Å². The standard InChI is InChI=1S/C21H23N3O4/c1-15-18(24-21(28-15)17-6-4-3-5-7-17)10-11-27-19-9-8-16(13-23-19)12-22-14-20(25)26-2/h3-9,13,22H,10-12,14H2,1-2H3. The van der Waals surface area contributed by atoms with Gasteiger partial charge in [-0.25, -0.2) is 9.97 Å². The first-order valence-corrected chi connectivity index (χ1v) is 9.02. The predicted octanol–water partition coefficient (Wildman–Crippen LogP) is 2.93. The van der Waals surface area contributed by atoms with Crippen LogP contribution in [0, 0.1) is 6.92 Å². The second-order valence-corrected chi connectivity index (χ2v) is 6.17. The van der Waals surface area contributed by atoms with Crippen molar-refractivity contribution in [2.24, 2.45) is 0 Å². The molecule has 1 N–H and O–H groups in total. The maximum absolute atomic E-state index is 11.1. The zero-order valence-electron chi connectivity index (χ0n) is 16.0. The van der Waals surface area contributed by atoms with Crippen molar-refractivity contribution in [3.8, 4) is 17.3 Å². The number of esters is 1. The van der Waals surface area contributed by atoms with Crippen molar-refractivity contribution in [2.75, 3.05) is 20.3 Å². The van der Waals surface area contributed by atoms with Gasteiger partial charge in [0.15, 0.2) is 0 Å². The molecule has 0 spiro atoms. The fraction of sp³-hybridized carbons (Fsp3) is 0.286. The monoisotopic (exact) mass is 381 g/mol. The highest BCUT2D eigenvalue weighted by atomic mass is 16.5. The van der Waals surface area contributed by atoms with Crippen LogP contribution in [0.5, 0.6) is 5.88 Å². The Balaban J connectivity index is 1.47. The average molecular weight is 381 g/mol. The first kappa shape index (κ1) is 19.6. The summed E-state index contributed by atoms with van der Waals surface area (Å²) >= 11 is 0. The van der Waals surface area contributed by atoms with Crippen molar-refractivity contribution in [1.29, 1.82) is 0 Å². The Labute approximate surface area is 163 Å². The van der Waals surface area contributed by atoms with Crippen molar-refractivity contribution in [3.05, 3.63) is 65.7 Å². The van der Waals surface area contributed by atoms with Crippen molar-refractivity contribution < 1.29 is 18.7 Å². The number of carbonyl (C=O) groups is 1. The number of aryl methyl sites for hydroxylation is 1. The number of rotatable bonds is 9. The number of ether oxygens (including phenoxy) is 2. The topological polar surface area (TPSA) is 86.5 Å². The Kier molecular flexibility index (Phi) is 6.75. The molecule has 0 fully saturated rings. The molecule has 0 bridgehead atoms. The maximum Gasteiger partial charge on any atom is 0.319 e. The summed E-state index contributed by atoms with van der Waals surface area (Å²) in [7, 11) is 1.36. The molecule has 7 heteroatoms. The Morgan fingerprint density at radius 1 is 1.18 bits per heavy atom. The number of oxazole rings is 1. The van der Waals surface area contributed by atoms with E-state index in [0.29, 0.717) is 31.3 Å². The van der Waals surface area contributed by atoms with E-state index in [-0.39, 0.29) is 12.5 Å². The fourth-order valence-corrected chi connectivity index (χ4v) is 2.60. The minimum atomic E-state index is -0.300. The summed E-state index contributed by atoms with van der Waals surface area (Å²) in [4.78, 5) is 19.9. The third kappa shape index (κ3) is 5.40. The van der Waals surface area contributed by atoms with Crippen molar-refractivity contribution in [3.63, 3.8) is 0 Å². The highest BCUT2D eigenvalue weighted by Gasteiger charge is 2.11. The molecule has 1 aromatic carbocycles. The quantitative estimate of drug-likeness (QED) is 0.570. The van der Waals surface area contributed by atoms with Crippen LogP contribution in [-0.2, 0) is 22.5 Å². The number of nitrogens with zero attached hydrogens (tertiary/aromatic N) is 2. The molecule has 0 saturated heterocycles. The lowest BCUT2D eigenvalue weighted by atomic mass is 10.2. The molecule has 7 nitrogen and oxygen atoms in total. The van der Waals surface area contributed by atoms with E-state index in [9.17, 15) is 4.79 Å². The van der Waals surface area contributed by atoms with Crippen LogP contribution in [0.2, 0.25) is 0 Å². The summed E-state index contributed by atoms with van der Waals surface area (Å²) in [6.45, 7) is 3.05. The van der Waals surface area contributed by atoms with Gasteiger partial charge in [0.25, 0.3) is 0 Å². The molecule has 0 aliphatic heterocycles. The highest BCUT2D eigenvalue weighted by Crippen LogP contribution is 2.21. The van der Waals surface area contributed by atoms with E-state index in [4.69, 9.17) is 9.15 Å². The minimum absolute atomic E-state index is 0.163. The predicted molar refractivity (Wildman–Crippen MR) is 104 cm³/mol. The molecule has 3 rings (SSSR count). The molecule has 0 aliphatic rings. The molecule has 146 valence electrons. The number of methoxy groups -OCH3 is 1. The lowest BCUT2D eigenvalue weighted by Crippen LogP contribution is -2.23. The lowest BCUT2D eigenvalue weighted by molar-refractivity contribution is -0.139. The van der Waals surface area contributed by atoms with Crippen LogP contribution in [0.15, 0.2) is 53.1 Å². The number of hydrogen-bond donors (Lipinski definition) is 1. The van der Waals surface area contributed by atoms with Gasteiger partial charge in [-0.05, 0) is 24.6 Å². The first-order chi connectivity index (χ1) is 13.7. The summed E-state index contributed by atoms with van der Waals surface area (Å²) < 4.78 is 16.0. The molecule has 0 aliphatic carbocycles. The molecule has 0 amide bonds. The van der Waals surface area contributed by atoms with Crippen LogP contribution >= 0.6 is 0 Å². The molecule has 0 unspecified atom stereocenters. The van der Waals surface area contributed by atoms with E-state index in [2.05, 4.69) is 20.0 Å². The van der Waals surface area contributed by atoms with Gasteiger partial charge in [0.1, 0.15) is 5.76 Å². The van der Waals surface area contributed by atoms with E-state index in [1.165, 1.54) is 7.11 Å². The van der Waals surface area contributed by atoms with Crippen LogP contribution in [0.4, 0.5) is 0 Å². The largest absolute Gasteiger partial charge is 0.477 e. The normalized spacial score (nSPS) is 10.6. The smallest absolute Gasteiger partial charge is 0.319 e. The van der Waals surface area contributed by atoms with Gasteiger partial charge in [0, 0.05) is 30.8 Å². The summed E-state index contributed by atoms with van der Waals surface area (Å²) in [5, 5.41) is 2.98. The van der Waals surface area contributed by atoms with Gasteiger partial charge in [-0.15, -0.1) is 0 Å². The Morgan fingerprint density at radius 2 is 2.00 bits per heavy atom. The highest BCUT2D eigenvalue weighted by molar-refractivity contribution is 5.71. The molecule has 3 aromatic rings. The summed E-state index contributed by atoms with van der Waals surface area (Å²) in [6, 6.07) is 13.5. The van der Waals surface area contributed by atoms with Crippen LogP contribution in [0.25, 0.3) is 11.5 Å². The van der Waals surface area contributed by atoms with E-state index >= 15 is 0 Å². The molecular formula is C21H23N3O4. The number of pyridine rings is 1. The Morgan fingerprint density at radius 3 is 2.71 bits per heavy atom. The van der Waals surface area contributed by atoms with Crippen molar-refractivity contribution in [2.45, 2.75) is 19.9 Å². The van der Waals surface area contributed by atoms with Crippen molar-refractivity contribution >= 4 is 5.97 Å². The number of hydrogen-bond acceptors (Lipinski definition) is 7. The van der Waals surface area contributed by atoms with E-state index < -0.39 is 0 Å². The minimum Gasteiger partial charge on any atom is -0.477 e. The van der Waals surface area contributed by atoms with Crippen LogP contribution in [-0.4, -0.2) is 36.2 Å². The zero-order valence-corrected chi connectivity index (χ0v) is 16.0. The summed E-state index contributed by atoms with van der Waals surface area (Å²) in [5.74, 6) is 1.66. The molecular weight excluding hydrogens is 358 g/mol. The average Bonchev–Trinajstić information content (AvgIpc) is 3.10. The van der Waals surface area contributed by atoms with E-state index in [0.717, 1.165) is 22.6 Å². The summed E-state index contributed by atoms with van der Waals surface area (Å²) in [6.07, 6.45) is 2.35. The van der Waals surface area contributed by atoms with Gasteiger partial charge in [-0.2, -0.15) is 0 Å². The van der Waals surface area contributed by atoms with Gasteiger partial charge >= 0.3 is 5.97 Å². The van der Waals surface area contributed by atoms with Gasteiger partial charge < -0.3 is 19.2 Å². The van der Waals surface area contributed by atoms with Gasteiger partial charge in [0.05, 0.1) is 26.0 Å². The second-order valence-electron chi connectivity index (χ2n) is 6.17. The summed E-state index contributed by atoms with van der Waals surface area (Å²) in [5.41, 5.74) is 2.79. The van der Waals surface area contributed by atoms with Crippen LogP contribution in [0.1, 0.15) is 17.0 Å². The Hall–Kier alpha value is -3.19. The molecule has 0 atom stereocenters. The molecule has 0 radical (unpaired) electrons. The van der Waals surface area contributed by atoms with Crippen LogP contribution in [0.3, 0.4) is 0 Å². The fourth-order valence-electron chi connectivity index (χ4n) is 2.60.